The number of nitrogens with zero attached hydrogens (tertiary/aromatic N) is 2. The Morgan fingerprint density at radius 2 is 1.96 bits per heavy atom. The van der Waals surface area contributed by atoms with Crippen LogP contribution in [0.25, 0.3) is 6.08 Å². The summed E-state index contributed by atoms with van der Waals surface area (Å²) in [7, 11) is 2.14. The van der Waals surface area contributed by atoms with E-state index in [0.717, 1.165) is 31.7 Å². The van der Waals surface area contributed by atoms with Gasteiger partial charge in [-0.1, -0.05) is 54.3 Å². The van der Waals surface area contributed by atoms with E-state index in [0.29, 0.717) is 22.2 Å². The van der Waals surface area contributed by atoms with Gasteiger partial charge in [0.2, 0.25) is 5.91 Å². The van der Waals surface area contributed by atoms with Crippen LogP contribution >= 0.6 is 24.0 Å². The molecule has 2 heterocycles. The smallest absolute Gasteiger partial charge is 0.266 e. The molecule has 0 aromatic heterocycles. The molecule has 25 heavy (non-hydrogen) atoms. The molecule has 2 saturated heterocycles. The minimum Gasteiger partial charge on any atom is -0.334 e. The topological polar surface area (TPSA) is 45.1 Å². The maximum atomic E-state index is 12.6. The summed E-state index contributed by atoms with van der Waals surface area (Å²) in [5.41, 5.74) is 0.971. The highest BCUT2D eigenvalue weighted by Crippen LogP contribution is 2.32. The Labute approximate surface area is 157 Å². The number of thiocarbonyl (C=S) groups is 1. The fourth-order valence-electron chi connectivity index (χ4n) is 2.90. The number of nitrogens with one attached hydrogen (secondary N) is 1. The standard InChI is InChI=1S/C18H21N3O2S2/c1-19-9-11-20(12-10-19)16(22)7-8-21-17(23)15(25-18(21)24)13-14-5-3-2-4-6-14/h2-6,13H,7-12H2,1H3/p+1/b15-13-. The van der Waals surface area contributed by atoms with Crippen LogP contribution in [-0.2, 0) is 9.59 Å². The van der Waals surface area contributed by atoms with Gasteiger partial charge in [0.25, 0.3) is 5.91 Å². The number of carbonyl (C=O) groups is 2. The van der Waals surface area contributed by atoms with Gasteiger partial charge < -0.3 is 9.80 Å². The maximum Gasteiger partial charge on any atom is 0.266 e. The van der Waals surface area contributed by atoms with Crippen molar-refractivity contribution >= 4 is 46.2 Å². The van der Waals surface area contributed by atoms with E-state index in [1.54, 1.807) is 4.90 Å². The summed E-state index contributed by atoms with van der Waals surface area (Å²) in [5, 5.41) is 0. The van der Waals surface area contributed by atoms with Crippen LogP contribution in [0.5, 0.6) is 0 Å². The zero-order chi connectivity index (χ0) is 17.8. The Hall–Kier alpha value is -1.70. The van der Waals surface area contributed by atoms with Crippen molar-refractivity contribution in [2.45, 2.75) is 6.42 Å². The SMILES string of the molecule is C[NH+]1CCN(C(=O)CCN2C(=O)/C(=C/c3ccccc3)SC2=S)CC1. The van der Waals surface area contributed by atoms with E-state index in [9.17, 15) is 9.59 Å². The molecule has 2 aliphatic rings. The minimum atomic E-state index is -0.102. The number of hydrogen-bond donors (Lipinski definition) is 1. The third kappa shape index (κ3) is 4.48. The molecule has 0 atom stereocenters. The number of likely N-dealkylation sites (N-methyl/N-ethyl adjacent to an activating group) is 1. The number of amides is 2. The van der Waals surface area contributed by atoms with Crippen molar-refractivity contribution in [1.29, 1.82) is 0 Å². The number of benzene rings is 1. The Morgan fingerprint density at radius 1 is 1.28 bits per heavy atom. The fourth-order valence-corrected chi connectivity index (χ4v) is 4.21. The second kappa shape index (κ2) is 8.12. The van der Waals surface area contributed by atoms with E-state index in [2.05, 4.69) is 7.05 Å². The Kier molecular flexibility index (Phi) is 5.88. The van der Waals surface area contributed by atoms with Gasteiger partial charge >= 0.3 is 0 Å². The normalized spacial score (nSPS) is 20.6. The van der Waals surface area contributed by atoms with Crippen LogP contribution in [0.2, 0.25) is 0 Å². The monoisotopic (exact) mass is 376 g/mol. The summed E-state index contributed by atoms with van der Waals surface area (Å²) < 4.78 is 0.530. The van der Waals surface area contributed by atoms with Gasteiger partial charge in [-0.15, -0.1) is 0 Å². The molecular weight excluding hydrogens is 354 g/mol. The fraction of sp³-hybridized carbons (Fsp3) is 0.389. The van der Waals surface area contributed by atoms with E-state index < -0.39 is 0 Å². The van der Waals surface area contributed by atoms with Crippen LogP contribution in [0.15, 0.2) is 35.2 Å². The average Bonchev–Trinajstić information content (AvgIpc) is 2.88. The Balaban J connectivity index is 1.58. The predicted molar refractivity (Wildman–Crippen MR) is 104 cm³/mol. The van der Waals surface area contributed by atoms with Crippen molar-refractivity contribution in [1.82, 2.24) is 9.80 Å². The molecule has 1 aromatic carbocycles. The molecule has 5 nitrogen and oxygen atoms in total. The summed E-state index contributed by atoms with van der Waals surface area (Å²) in [6.45, 7) is 3.89. The molecule has 0 bridgehead atoms. The number of rotatable bonds is 4. The lowest BCUT2D eigenvalue weighted by molar-refractivity contribution is -0.883. The third-order valence-corrected chi connectivity index (χ3v) is 5.87. The van der Waals surface area contributed by atoms with E-state index in [4.69, 9.17) is 12.2 Å². The molecule has 0 saturated carbocycles. The molecule has 2 fully saturated rings. The van der Waals surface area contributed by atoms with Gasteiger partial charge in [0, 0.05) is 13.0 Å². The second-order valence-corrected chi connectivity index (χ2v) is 8.01. The molecule has 0 radical (unpaired) electrons. The first-order valence-corrected chi connectivity index (χ1v) is 9.66. The molecule has 2 aliphatic heterocycles. The summed E-state index contributed by atoms with van der Waals surface area (Å²) in [6.07, 6.45) is 2.18. The van der Waals surface area contributed by atoms with E-state index in [1.165, 1.54) is 16.7 Å². The van der Waals surface area contributed by atoms with E-state index in [1.807, 2.05) is 41.3 Å². The molecular formula is C18H22N3O2S2+. The van der Waals surface area contributed by atoms with Crippen molar-refractivity contribution in [3.8, 4) is 0 Å². The highest BCUT2D eigenvalue weighted by atomic mass is 32.2. The lowest BCUT2D eigenvalue weighted by Crippen LogP contribution is -3.12. The Bertz CT molecular complexity index is 698. The first kappa shape index (κ1) is 18.1. The van der Waals surface area contributed by atoms with E-state index in [-0.39, 0.29) is 11.8 Å². The predicted octanol–water partition coefficient (Wildman–Crippen LogP) is 0.635. The van der Waals surface area contributed by atoms with E-state index >= 15 is 0 Å². The second-order valence-electron chi connectivity index (χ2n) is 6.33. The van der Waals surface area contributed by atoms with Gasteiger partial charge in [0.15, 0.2) is 0 Å². The van der Waals surface area contributed by atoms with Crippen LogP contribution in [0.1, 0.15) is 12.0 Å². The lowest BCUT2D eigenvalue weighted by atomic mass is 10.2. The van der Waals surface area contributed by atoms with Gasteiger partial charge in [-0.2, -0.15) is 0 Å². The molecule has 3 rings (SSSR count). The lowest BCUT2D eigenvalue weighted by Gasteiger charge is -2.30. The molecule has 0 aliphatic carbocycles. The molecule has 2 amide bonds. The summed E-state index contributed by atoms with van der Waals surface area (Å²) in [4.78, 5) is 30.4. The van der Waals surface area contributed by atoms with Crippen LogP contribution in [0.4, 0.5) is 0 Å². The van der Waals surface area contributed by atoms with Gasteiger partial charge in [-0.05, 0) is 11.6 Å². The van der Waals surface area contributed by atoms with Crippen molar-refractivity contribution < 1.29 is 14.5 Å². The van der Waals surface area contributed by atoms with Gasteiger partial charge in [0.05, 0.1) is 38.1 Å². The number of hydrogen-bond acceptors (Lipinski definition) is 4. The summed E-state index contributed by atoms with van der Waals surface area (Å²) in [5.74, 6) is 0.00284. The van der Waals surface area contributed by atoms with Gasteiger partial charge in [0.1, 0.15) is 4.32 Å². The van der Waals surface area contributed by atoms with Crippen LogP contribution in [-0.4, -0.2) is 65.7 Å². The highest BCUT2D eigenvalue weighted by molar-refractivity contribution is 8.26. The van der Waals surface area contributed by atoms with Crippen molar-refractivity contribution in [3.63, 3.8) is 0 Å². The first-order valence-electron chi connectivity index (χ1n) is 8.44. The number of thioether (sulfide) groups is 1. The number of quaternary nitrogens is 1. The third-order valence-electron chi connectivity index (χ3n) is 4.49. The highest BCUT2D eigenvalue weighted by Gasteiger charge is 2.32. The van der Waals surface area contributed by atoms with Gasteiger partial charge in [-0.25, -0.2) is 0 Å². The zero-order valence-corrected chi connectivity index (χ0v) is 15.9. The molecule has 0 spiro atoms. The average molecular weight is 377 g/mol. The molecule has 132 valence electrons. The van der Waals surface area contributed by atoms with Crippen LogP contribution < -0.4 is 4.90 Å². The number of piperazine rings is 1. The van der Waals surface area contributed by atoms with Crippen LogP contribution in [0.3, 0.4) is 0 Å². The quantitative estimate of drug-likeness (QED) is 0.619. The molecule has 1 aromatic rings. The molecule has 1 N–H and O–H groups in total. The van der Waals surface area contributed by atoms with Crippen LogP contribution in [0, 0.1) is 0 Å². The zero-order valence-electron chi connectivity index (χ0n) is 14.2. The molecule has 7 heteroatoms. The van der Waals surface area contributed by atoms with Crippen molar-refractivity contribution in [2.75, 3.05) is 39.8 Å². The minimum absolute atomic E-state index is 0.102. The molecule has 0 unspecified atom stereocenters. The maximum absolute atomic E-state index is 12.6. The van der Waals surface area contributed by atoms with Gasteiger partial charge in [-0.3, -0.25) is 14.5 Å². The first-order chi connectivity index (χ1) is 12.0. The summed E-state index contributed by atoms with van der Waals surface area (Å²) in [6, 6.07) is 9.71. The summed E-state index contributed by atoms with van der Waals surface area (Å²) >= 11 is 6.64. The van der Waals surface area contributed by atoms with Crippen molar-refractivity contribution in [2.24, 2.45) is 0 Å². The Morgan fingerprint density at radius 3 is 2.64 bits per heavy atom. The van der Waals surface area contributed by atoms with Crippen molar-refractivity contribution in [3.05, 3.63) is 40.8 Å². The largest absolute Gasteiger partial charge is 0.334 e. The number of carbonyl (C=O) groups excluding carboxylic acids is 2.